The Balaban J connectivity index is 1.75. The molecule has 10 heteroatoms. The van der Waals surface area contributed by atoms with Crippen LogP contribution in [0.25, 0.3) is 0 Å². The quantitative estimate of drug-likeness (QED) is 0.530. The Labute approximate surface area is 172 Å². The summed E-state index contributed by atoms with van der Waals surface area (Å²) in [5, 5.41) is 2.30. The average molecular weight is 488 g/mol. The minimum atomic E-state index is -4.59. The van der Waals surface area contributed by atoms with Crippen LogP contribution in [0.4, 0.5) is 18.9 Å². The third kappa shape index (κ3) is 5.07. The van der Waals surface area contributed by atoms with Gasteiger partial charge in [0, 0.05) is 10.2 Å². The molecule has 1 amide bonds. The largest absolute Gasteiger partial charge is 0.455 e. The highest BCUT2D eigenvalue weighted by atomic mass is 79.9. The second-order valence-electron chi connectivity index (χ2n) is 5.98. The summed E-state index contributed by atoms with van der Waals surface area (Å²) in [7, 11) is -3.67. The number of anilines is 1. The maximum atomic E-state index is 13.0. The summed E-state index contributed by atoms with van der Waals surface area (Å²) >= 11 is 2.82. The van der Waals surface area contributed by atoms with Crippen LogP contribution >= 0.6 is 15.9 Å². The van der Waals surface area contributed by atoms with Crippen molar-refractivity contribution in [1.82, 2.24) is 0 Å². The van der Waals surface area contributed by atoms with Gasteiger partial charge in [-0.05, 0) is 42.5 Å². The van der Waals surface area contributed by atoms with Gasteiger partial charge in [-0.2, -0.15) is 13.2 Å². The van der Waals surface area contributed by atoms with Crippen molar-refractivity contribution in [3.05, 3.63) is 82.2 Å². The van der Waals surface area contributed by atoms with Gasteiger partial charge in [0.15, 0.2) is 15.6 Å². The molecule has 0 saturated heterocycles. The van der Waals surface area contributed by atoms with E-state index in [4.69, 9.17) is 4.42 Å². The number of amides is 1. The van der Waals surface area contributed by atoms with Gasteiger partial charge in [0.2, 0.25) is 0 Å². The van der Waals surface area contributed by atoms with E-state index in [1.54, 1.807) is 18.2 Å². The molecule has 3 rings (SSSR count). The standard InChI is InChI=1S/C19H13BrF3NO4S/c20-16-8-6-12(10-15(16)19(21,22)23)24-18(25)17-9-7-13(28-17)11-29(26,27)14-4-2-1-3-5-14/h1-10H,11H2,(H,24,25). The summed E-state index contributed by atoms with van der Waals surface area (Å²) in [5.41, 5.74) is -1.02. The Morgan fingerprint density at radius 2 is 1.72 bits per heavy atom. The zero-order chi connectivity index (χ0) is 21.2. The summed E-state index contributed by atoms with van der Waals surface area (Å²) in [6.07, 6.45) is -4.59. The summed E-state index contributed by atoms with van der Waals surface area (Å²) in [4.78, 5) is 12.4. The summed E-state index contributed by atoms with van der Waals surface area (Å²) in [6, 6.07) is 13.6. The van der Waals surface area contributed by atoms with E-state index in [2.05, 4.69) is 21.2 Å². The average Bonchev–Trinajstić information content (AvgIpc) is 3.11. The van der Waals surface area contributed by atoms with E-state index in [0.29, 0.717) is 0 Å². The first-order valence-corrected chi connectivity index (χ1v) is 10.6. The molecule has 0 saturated carbocycles. The van der Waals surface area contributed by atoms with Crippen molar-refractivity contribution in [1.29, 1.82) is 0 Å². The molecule has 0 unspecified atom stereocenters. The molecular formula is C19H13BrF3NO4S. The predicted octanol–water partition coefficient (Wildman–Crippen LogP) is 5.29. The molecule has 1 heterocycles. The molecule has 0 radical (unpaired) electrons. The summed E-state index contributed by atoms with van der Waals surface area (Å²) < 4.78 is 68.8. The van der Waals surface area contributed by atoms with Gasteiger partial charge in [-0.1, -0.05) is 34.1 Å². The number of halogens is 4. The number of nitrogens with one attached hydrogen (secondary N) is 1. The summed E-state index contributed by atoms with van der Waals surface area (Å²) in [5.74, 6) is -1.45. The van der Waals surface area contributed by atoms with Crippen molar-refractivity contribution in [2.45, 2.75) is 16.8 Å². The monoisotopic (exact) mass is 487 g/mol. The highest BCUT2D eigenvalue weighted by Gasteiger charge is 2.33. The van der Waals surface area contributed by atoms with E-state index < -0.39 is 33.2 Å². The number of benzene rings is 2. The lowest BCUT2D eigenvalue weighted by molar-refractivity contribution is -0.138. The van der Waals surface area contributed by atoms with Crippen LogP contribution in [0.2, 0.25) is 0 Å². The minimum absolute atomic E-state index is 0.0331. The first kappa shape index (κ1) is 21.1. The second kappa shape index (κ2) is 8.03. The number of carbonyl (C=O) groups excluding carboxylic acids is 1. The molecular weight excluding hydrogens is 475 g/mol. The molecule has 0 bridgehead atoms. The number of hydrogen-bond acceptors (Lipinski definition) is 4. The third-order valence-corrected chi connectivity index (χ3v) is 6.20. The minimum Gasteiger partial charge on any atom is -0.455 e. The van der Waals surface area contributed by atoms with Gasteiger partial charge in [-0.15, -0.1) is 0 Å². The zero-order valence-corrected chi connectivity index (χ0v) is 16.9. The number of hydrogen-bond donors (Lipinski definition) is 1. The number of rotatable bonds is 5. The fourth-order valence-electron chi connectivity index (χ4n) is 2.49. The molecule has 5 nitrogen and oxygen atoms in total. The molecule has 0 aliphatic heterocycles. The maximum absolute atomic E-state index is 13.0. The van der Waals surface area contributed by atoms with E-state index in [-0.39, 0.29) is 26.6 Å². The fraction of sp³-hybridized carbons (Fsp3) is 0.105. The van der Waals surface area contributed by atoms with Gasteiger partial charge in [-0.3, -0.25) is 4.79 Å². The van der Waals surface area contributed by atoms with Crippen molar-refractivity contribution >= 4 is 37.4 Å². The topological polar surface area (TPSA) is 76.4 Å². The number of alkyl halides is 3. The molecule has 1 N–H and O–H groups in total. The second-order valence-corrected chi connectivity index (χ2v) is 8.83. The van der Waals surface area contributed by atoms with Crippen molar-refractivity contribution < 1.29 is 30.8 Å². The fourth-order valence-corrected chi connectivity index (χ4v) is 4.23. The Bertz CT molecular complexity index is 1140. The smallest absolute Gasteiger partial charge is 0.417 e. The van der Waals surface area contributed by atoms with Crippen molar-refractivity contribution in [2.24, 2.45) is 0 Å². The number of carbonyl (C=O) groups is 1. The molecule has 29 heavy (non-hydrogen) atoms. The lowest BCUT2D eigenvalue weighted by Gasteiger charge is -2.11. The predicted molar refractivity (Wildman–Crippen MR) is 103 cm³/mol. The molecule has 152 valence electrons. The van der Waals surface area contributed by atoms with Crippen LogP contribution in [0.15, 0.2) is 74.4 Å². The summed E-state index contributed by atoms with van der Waals surface area (Å²) in [6.45, 7) is 0. The van der Waals surface area contributed by atoms with Gasteiger partial charge >= 0.3 is 6.18 Å². The van der Waals surface area contributed by atoms with Gasteiger partial charge in [-0.25, -0.2) is 8.42 Å². The normalized spacial score (nSPS) is 12.0. The molecule has 2 aromatic carbocycles. The van der Waals surface area contributed by atoms with Gasteiger partial charge in [0.05, 0.1) is 10.5 Å². The molecule has 0 aliphatic rings. The van der Waals surface area contributed by atoms with Crippen LogP contribution < -0.4 is 5.32 Å². The highest BCUT2D eigenvalue weighted by Crippen LogP contribution is 2.36. The van der Waals surface area contributed by atoms with E-state index in [1.807, 2.05) is 0 Å². The first-order chi connectivity index (χ1) is 13.6. The molecule has 1 aromatic heterocycles. The van der Waals surface area contributed by atoms with E-state index in [9.17, 15) is 26.4 Å². The molecule has 0 atom stereocenters. The number of sulfone groups is 1. The van der Waals surface area contributed by atoms with Crippen LogP contribution in [0.1, 0.15) is 21.9 Å². The van der Waals surface area contributed by atoms with Crippen molar-refractivity contribution in [2.75, 3.05) is 5.32 Å². The molecule has 0 fully saturated rings. The Hall–Kier alpha value is -2.59. The Morgan fingerprint density at radius 1 is 1.03 bits per heavy atom. The zero-order valence-electron chi connectivity index (χ0n) is 14.5. The Kier molecular flexibility index (Phi) is 5.85. The number of furan rings is 1. The van der Waals surface area contributed by atoms with Crippen LogP contribution in [-0.2, 0) is 21.8 Å². The van der Waals surface area contributed by atoms with Gasteiger partial charge < -0.3 is 9.73 Å². The van der Waals surface area contributed by atoms with Gasteiger partial charge in [0.1, 0.15) is 11.5 Å². The molecule has 0 aliphatic carbocycles. The molecule has 3 aromatic rings. The van der Waals surface area contributed by atoms with Crippen LogP contribution in [0.3, 0.4) is 0 Å². The maximum Gasteiger partial charge on any atom is 0.417 e. The molecule has 0 spiro atoms. The van der Waals surface area contributed by atoms with E-state index in [1.165, 1.54) is 36.4 Å². The SMILES string of the molecule is O=C(Nc1ccc(Br)c(C(F)(F)F)c1)c1ccc(CS(=O)(=O)c2ccccc2)o1. The van der Waals surface area contributed by atoms with Crippen molar-refractivity contribution in [3.8, 4) is 0 Å². The van der Waals surface area contributed by atoms with Crippen LogP contribution in [0, 0.1) is 0 Å². The lowest BCUT2D eigenvalue weighted by atomic mass is 10.2. The lowest BCUT2D eigenvalue weighted by Crippen LogP contribution is -2.13. The first-order valence-electron chi connectivity index (χ1n) is 8.11. The van der Waals surface area contributed by atoms with Crippen LogP contribution in [0.5, 0.6) is 0 Å². The Morgan fingerprint density at radius 3 is 2.38 bits per heavy atom. The highest BCUT2D eigenvalue weighted by molar-refractivity contribution is 9.10. The van der Waals surface area contributed by atoms with Gasteiger partial charge in [0.25, 0.3) is 5.91 Å². The van der Waals surface area contributed by atoms with E-state index >= 15 is 0 Å². The van der Waals surface area contributed by atoms with E-state index in [0.717, 1.165) is 6.07 Å². The van der Waals surface area contributed by atoms with Crippen LogP contribution in [-0.4, -0.2) is 14.3 Å². The van der Waals surface area contributed by atoms with Crippen molar-refractivity contribution in [3.63, 3.8) is 0 Å². The third-order valence-electron chi connectivity index (χ3n) is 3.85.